The number of furan rings is 1. The van der Waals surface area contributed by atoms with Crippen LogP contribution in [-0.2, 0) is 6.54 Å². The van der Waals surface area contributed by atoms with Crippen LogP contribution < -0.4 is 11.3 Å². The monoisotopic (exact) mass is 241 g/mol. The number of carbonyl (C=O) groups excluding carboxylic acids is 1. The van der Waals surface area contributed by atoms with Crippen LogP contribution >= 0.6 is 11.8 Å². The first-order chi connectivity index (χ1) is 7.81. The number of nitrogen functional groups attached to an aromatic ring is 1. The fourth-order valence-electron chi connectivity index (χ4n) is 1.73. The molecule has 1 saturated heterocycles. The van der Waals surface area contributed by atoms with Gasteiger partial charge >= 0.3 is 5.91 Å². The summed E-state index contributed by atoms with van der Waals surface area (Å²) in [5.74, 6) is 7.34. The first-order valence-electron chi connectivity index (χ1n) is 5.18. The summed E-state index contributed by atoms with van der Waals surface area (Å²) in [5.41, 5.74) is 2.99. The third-order valence-electron chi connectivity index (χ3n) is 2.58. The second-order valence-electron chi connectivity index (χ2n) is 3.64. The number of nitrogens with two attached hydrogens (primary N) is 1. The van der Waals surface area contributed by atoms with Crippen molar-refractivity contribution in [2.45, 2.75) is 6.54 Å². The molecule has 0 radical (unpaired) electrons. The molecule has 0 unspecified atom stereocenters. The zero-order chi connectivity index (χ0) is 11.4. The average molecular weight is 241 g/mol. The van der Waals surface area contributed by atoms with E-state index in [2.05, 4.69) is 10.3 Å². The molecule has 0 saturated carbocycles. The van der Waals surface area contributed by atoms with Gasteiger partial charge in [-0.15, -0.1) is 0 Å². The predicted octanol–water partition coefficient (Wildman–Crippen LogP) is 0.432. The molecule has 2 heterocycles. The van der Waals surface area contributed by atoms with E-state index >= 15 is 0 Å². The summed E-state index contributed by atoms with van der Waals surface area (Å²) in [6, 6.07) is 1.83. The van der Waals surface area contributed by atoms with E-state index < -0.39 is 0 Å². The van der Waals surface area contributed by atoms with Gasteiger partial charge in [-0.05, 0) is 6.07 Å². The molecule has 0 bridgehead atoms. The van der Waals surface area contributed by atoms with Crippen LogP contribution in [0.2, 0.25) is 0 Å². The van der Waals surface area contributed by atoms with Crippen LogP contribution in [0.4, 0.5) is 0 Å². The van der Waals surface area contributed by atoms with Crippen LogP contribution in [0.15, 0.2) is 16.7 Å². The van der Waals surface area contributed by atoms with Crippen LogP contribution in [0.1, 0.15) is 16.1 Å². The highest BCUT2D eigenvalue weighted by Crippen LogP contribution is 2.16. The predicted molar refractivity (Wildman–Crippen MR) is 63.0 cm³/mol. The highest BCUT2D eigenvalue weighted by molar-refractivity contribution is 7.99. The first-order valence-corrected chi connectivity index (χ1v) is 6.34. The van der Waals surface area contributed by atoms with E-state index in [1.165, 1.54) is 6.26 Å². The number of amides is 1. The molecule has 6 heteroatoms. The van der Waals surface area contributed by atoms with Crippen molar-refractivity contribution >= 4 is 17.7 Å². The number of nitrogens with zero attached hydrogens (tertiary/aromatic N) is 1. The van der Waals surface area contributed by atoms with E-state index in [1.54, 1.807) is 0 Å². The van der Waals surface area contributed by atoms with Gasteiger partial charge in [0.05, 0.1) is 6.26 Å². The smallest absolute Gasteiger partial charge is 0.301 e. The summed E-state index contributed by atoms with van der Waals surface area (Å²) in [6.45, 7) is 2.86. The number of hydrogen-bond acceptors (Lipinski definition) is 5. The van der Waals surface area contributed by atoms with E-state index in [0.29, 0.717) is 5.76 Å². The van der Waals surface area contributed by atoms with Crippen molar-refractivity contribution in [1.29, 1.82) is 0 Å². The van der Waals surface area contributed by atoms with Gasteiger partial charge in [-0.25, -0.2) is 5.84 Å². The Balaban J connectivity index is 2.03. The molecule has 1 aromatic rings. The number of hydrogen-bond donors (Lipinski definition) is 2. The van der Waals surface area contributed by atoms with Gasteiger partial charge in [0.2, 0.25) is 0 Å². The zero-order valence-corrected chi connectivity index (χ0v) is 9.76. The lowest BCUT2D eigenvalue weighted by molar-refractivity contribution is 0.0923. The van der Waals surface area contributed by atoms with Gasteiger partial charge in [0.1, 0.15) is 0 Å². The van der Waals surface area contributed by atoms with Gasteiger partial charge in [-0.3, -0.25) is 15.1 Å². The molecule has 0 aliphatic carbocycles. The standard InChI is InChI=1S/C10H15N3O2S/c11-12-10(14)9-8(1-4-15-9)7-13-2-5-16-6-3-13/h1,4H,2-3,5-7,11H2,(H,12,14). The third kappa shape index (κ3) is 2.58. The molecule has 1 aliphatic rings. The summed E-state index contributed by atoms with van der Waals surface area (Å²) in [4.78, 5) is 13.7. The Morgan fingerprint density at radius 2 is 2.31 bits per heavy atom. The van der Waals surface area contributed by atoms with E-state index in [4.69, 9.17) is 10.3 Å². The molecule has 0 spiro atoms. The fourth-order valence-corrected chi connectivity index (χ4v) is 2.70. The number of rotatable bonds is 3. The fraction of sp³-hybridized carbons (Fsp3) is 0.500. The first kappa shape index (κ1) is 11.5. The molecule has 1 aromatic heterocycles. The second kappa shape index (κ2) is 5.38. The lowest BCUT2D eigenvalue weighted by Gasteiger charge is -2.25. The average Bonchev–Trinajstić information content (AvgIpc) is 2.77. The van der Waals surface area contributed by atoms with Gasteiger partial charge in [0.15, 0.2) is 5.76 Å². The Kier molecular flexibility index (Phi) is 3.87. The number of carbonyl (C=O) groups is 1. The minimum absolute atomic E-state index is 0.320. The summed E-state index contributed by atoms with van der Waals surface area (Å²) >= 11 is 1.96. The molecule has 1 fully saturated rings. The van der Waals surface area contributed by atoms with Crippen molar-refractivity contribution in [1.82, 2.24) is 10.3 Å². The topological polar surface area (TPSA) is 71.5 Å². The molecule has 1 aliphatic heterocycles. The second-order valence-corrected chi connectivity index (χ2v) is 4.86. The molecule has 2 rings (SSSR count). The van der Waals surface area contributed by atoms with E-state index in [9.17, 15) is 4.79 Å². The normalized spacial score (nSPS) is 17.3. The minimum atomic E-state index is -0.369. The molecule has 88 valence electrons. The van der Waals surface area contributed by atoms with Crippen LogP contribution in [0.5, 0.6) is 0 Å². The maximum absolute atomic E-state index is 11.4. The zero-order valence-electron chi connectivity index (χ0n) is 8.94. The summed E-state index contributed by atoms with van der Waals surface area (Å²) < 4.78 is 5.13. The van der Waals surface area contributed by atoms with Crippen molar-refractivity contribution in [3.63, 3.8) is 0 Å². The highest BCUT2D eigenvalue weighted by atomic mass is 32.2. The Bertz CT molecular complexity index is 361. The molecule has 16 heavy (non-hydrogen) atoms. The lowest BCUT2D eigenvalue weighted by Crippen LogP contribution is -2.34. The maximum Gasteiger partial charge on any atom is 0.301 e. The van der Waals surface area contributed by atoms with Gasteiger partial charge in [-0.2, -0.15) is 11.8 Å². The highest BCUT2D eigenvalue weighted by Gasteiger charge is 2.18. The lowest BCUT2D eigenvalue weighted by atomic mass is 10.2. The van der Waals surface area contributed by atoms with Crippen molar-refractivity contribution in [2.75, 3.05) is 24.6 Å². The van der Waals surface area contributed by atoms with Crippen LogP contribution in [0.25, 0.3) is 0 Å². The molecule has 0 atom stereocenters. The molecule has 5 nitrogen and oxygen atoms in total. The summed E-state index contributed by atoms with van der Waals surface area (Å²) in [6.07, 6.45) is 1.53. The quantitative estimate of drug-likeness (QED) is 0.456. The van der Waals surface area contributed by atoms with Gasteiger partial charge < -0.3 is 4.42 Å². The SMILES string of the molecule is NNC(=O)c1occc1CN1CCSCC1. The Morgan fingerprint density at radius 3 is 3.00 bits per heavy atom. The maximum atomic E-state index is 11.4. The Hall–Kier alpha value is -0.980. The van der Waals surface area contributed by atoms with E-state index in [1.807, 2.05) is 17.8 Å². The van der Waals surface area contributed by atoms with Gasteiger partial charge in [0.25, 0.3) is 0 Å². The van der Waals surface area contributed by atoms with Crippen LogP contribution in [-0.4, -0.2) is 35.4 Å². The molecular weight excluding hydrogens is 226 g/mol. The van der Waals surface area contributed by atoms with E-state index in [-0.39, 0.29) is 5.91 Å². The van der Waals surface area contributed by atoms with Crippen molar-refractivity contribution < 1.29 is 9.21 Å². The van der Waals surface area contributed by atoms with Gasteiger partial charge in [-0.1, -0.05) is 0 Å². The molecule has 1 amide bonds. The molecular formula is C10H15N3O2S. The molecule has 0 aromatic carbocycles. The number of thioether (sulfide) groups is 1. The van der Waals surface area contributed by atoms with Crippen LogP contribution in [0, 0.1) is 0 Å². The van der Waals surface area contributed by atoms with Crippen molar-refractivity contribution in [2.24, 2.45) is 5.84 Å². The number of nitrogens with one attached hydrogen (secondary N) is 1. The van der Waals surface area contributed by atoms with Crippen molar-refractivity contribution in [3.05, 3.63) is 23.7 Å². The number of hydrazine groups is 1. The summed E-state index contributed by atoms with van der Waals surface area (Å²) in [7, 11) is 0. The molecule has 3 N–H and O–H groups in total. The van der Waals surface area contributed by atoms with Gasteiger partial charge in [0, 0.05) is 36.7 Å². The minimum Gasteiger partial charge on any atom is -0.459 e. The Morgan fingerprint density at radius 1 is 1.56 bits per heavy atom. The van der Waals surface area contributed by atoms with Crippen molar-refractivity contribution in [3.8, 4) is 0 Å². The largest absolute Gasteiger partial charge is 0.459 e. The third-order valence-corrected chi connectivity index (χ3v) is 3.52. The summed E-state index contributed by atoms with van der Waals surface area (Å²) in [5, 5.41) is 0. The van der Waals surface area contributed by atoms with E-state index in [0.717, 1.165) is 36.7 Å². The van der Waals surface area contributed by atoms with Crippen LogP contribution in [0.3, 0.4) is 0 Å². The Labute approximate surface area is 98.3 Å².